The zero-order valence-electron chi connectivity index (χ0n) is 19.2. The molecule has 0 aliphatic carbocycles. The first kappa shape index (κ1) is 24.0. The summed E-state index contributed by atoms with van der Waals surface area (Å²) in [5.41, 5.74) is 0. The van der Waals surface area contributed by atoms with Crippen LogP contribution in [-0.4, -0.2) is 79.7 Å². The van der Waals surface area contributed by atoms with E-state index in [9.17, 15) is 13.2 Å². The van der Waals surface area contributed by atoms with Gasteiger partial charge < -0.3 is 10.2 Å². The summed E-state index contributed by atoms with van der Waals surface area (Å²) in [6, 6.07) is 0.645. The fourth-order valence-corrected chi connectivity index (χ4v) is 7.39. The quantitative estimate of drug-likeness (QED) is 0.614. The number of amides is 1. The molecule has 0 saturated carbocycles. The topological polar surface area (TPSA) is 73.0 Å². The molecule has 0 radical (unpaired) electrons. The van der Waals surface area contributed by atoms with Gasteiger partial charge in [0.2, 0.25) is 5.91 Å². The molecule has 0 aromatic rings. The Balaban J connectivity index is 1.46. The van der Waals surface area contributed by atoms with E-state index in [1.165, 1.54) is 19.3 Å². The SMILES string of the molecule is C[C@@H]1C[C@H](C)CN(S(=O)(=O)N2CCC[C@H](C(=O)NCCCN3CCCC[C@@H]3C)C2)C1. The molecular weight excluding hydrogens is 400 g/mol. The van der Waals surface area contributed by atoms with Crippen LogP contribution >= 0.6 is 0 Å². The molecule has 0 spiro atoms. The molecule has 3 aliphatic heterocycles. The molecule has 1 N–H and O–H groups in total. The monoisotopic (exact) mass is 442 g/mol. The van der Waals surface area contributed by atoms with Crippen molar-refractivity contribution >= 4 is 16.1 Å². The first-order valence-corrected chi connectivity index (χ1v) is 13.4. The van der Waals surface area contributed by atoms with Gasteiger partial charge in [-0.25, -0.2) is 0 Å². The van der Waals surface area contributed by atoms with Crippen molar-refractivity contribution in [2.24, 2.45) is 17.8 Å². The molecule has 174 valence electrons. The van der Waals surface area contributed by atoms with Crippen molar-refractivity contribution < 1.29 is 13.2 Å². The van der Waals surface area contributed by atoms with Crippen molar-refractivity contribution in [1.82, 2.24) is 18.8 Å². The minimum Gasteiger partial charge on any atom is -0.356 e. The number of hydrogen-bond donors (Lipinski definition) is 1. The molecule has 4 atom stereocenters. The average molecular weight is 443 g/mol. The number of nitrogens with one attached hydrogen (secondary N) is 1. The fraction of sp³-hybridized carbons (Fsp3) is 0.955. The Kier molecular flexibility index (Phi) is 8.58. The second-order valence-corrected chi connectivity index (χ2v) is 11.9. The molecule has 1 amide bonds. The van der Waals surface area contributed by atoms with Crippen LogP contribution in [0.25, 0.3) is 0 Å². The van der Waals surface area contributed by atoms with E-state index >= 15 is 0 Å². The highest BCUT2D eigenvalue weighted by Gasteiger charge is 2.38. The van der Waals surface area contributed by atoms with Gasteiger partial charge in [0.25, 0.3) is 10.2 Å². The van der Waals surface area contributed by atoms with Gasteiger partial charge in [-0.3, -0.25) is 4.79 Å². The third-order valence-electron chi connectivity index (χ3n) is 7.10. The second kappa shape index (κ2) is 10.7. The van der Waals surface area contributed by atoms with Gasteiger partial charge in [0.05, 0.1) is 5.92 Å². The van der Waals surface area contributed by atoms with E-state index in [1.54, 1.807) is 8.61 Å². The Morgan fingerprint density at radius 2 is 1.67 bits per heavy atom. The molecule has 3 rings (SSSR count). The predicted molar refractivity (Wildman–Crippen MR) is 120 cm³/mol. The molecule has 7 nitrogen and oxygen atoms in total. The number of hydrogen-bond acceptors (Lipinski definition) is 4. The lowest BCUT2D eigenvalue weighted by Crippen LogP contribution is -2.53. The van der Waals surface area contributed by atoms with Crippen LogP contribution in [0.4, 0.5) is 0 Å². The lowest BCUT2D eigenvalue weighted by Gasteiger charge is -2.39. The zero-order valence-corrected chi connectivity index (χ0v) is 20.0. The van der Waals surface area contributed by atoms with Gasteiger partial charge in [0.1, 0.15) is 0 Å². The van der Waals surface area contributed by atoms with Crippen molar-refractivity contribution in [2.75, 3.05) is 45.8 Å². The van der Waals surface area contributed by atoms with E-state index in [0.29, 0.717) is 50.6 Å². The number of carbonyl (C=O) groups is 1. The van der Waals surface area contributed by atoms with E-state index in [0.717, 1.165) is 38.8 Å². The van der Waals surface area contributed by atoms with E-state index in [-0.39, 0.29) is 11.8 Å². The largest absolute Gasteiger partial charge is 0.356 e. The normalized spacial score (nSPS) is 32.8. The molecule has 3 saturated heterocycles. The van der Waals surface area contributed by atoms with Crippen LogP contribution in [0.3, 0.4) is 0 Å². The van der Waals surface area contributed by atoms with Crippen LogP contribution in [0.2, 0.25) is 0 Å². The standard InChI is InChI=1S/C22H42N4O3S/c1-18-14-19(2)16-26(15-18)30(28,29)25-13-6-9-21(17-25)22(27)23-10-7-12-24-11-5-4-8-20(24)3/h18-21H,4-17H2,1-3H3,(H,23,27)/t18-,19+,20-,21-/m0/s1. The maximum atomic E-state index is 13.2. The highest BCUT2D eigenvalue weighted by molar-refractivity contribution is 7.86. The smallest absolute Gasteiger partial charge is 0.282 e. The number of likely N-dealkylation sites (tertiary alicyclic amines) is 1. The predicted octanol–water partition coefficient (Wildman–Crippen LogP) is 2.30. The van der Waals surface area contributed by atoms with Gasteiger partial charge in [0.15, 0.2) is 0 Å². The van der Waals surface area contributed by atoms with Gasteiger partial charge in [-0.1, -0.05) is 20.3 Å². The maximum Gasteiger partial charge on any atom is 0.282 e. The van der Waals surface area contributed by atoms with Crippen LogP contribution in [0.5, 0.6) is 0 Å². The summed E-state index contributed by atoms with van der Waals surface area (Å²) in [7, 11) is -3.48. The Bertz CT molecular complexity index is 661. The van der Waals surface area contributed by atoms with Gasteiger partial charge in [-0.05, 0) is 63.8 Å². The lowest BCUT2D eigenvalue weighted by atomic mass is 9.94. The third-order valence-corrected chi connectivity index (χ3v) is 9.04. The second-order valence-electron chi connectivity index (χ2n) is 9.99. The summed E-state index contributed by atoms with van der Waals surface area (Å²) in [5, 5.41) is 3.07. The Morgan fingerprint density at radius 3 is 2.37 bits per heavy atom. The van der Waals surface area contributed by atoms with Crippen molar-refractivity contribution in [2.45, 2.75) is 71.8 Å². The van der Waals surface area contributed by atoms with Crippen LogP contribution in [0.15, 0.2) is 0 Å². The lowest BCUT2D eigenvalue weighted by molar-refractivity contribution is -0.126. The van der Waals surface area contributed by atoms with Crippen LogP contribution in [0.1, 0.15) is 65.7 Å². The molecule has 8 heteroatoms. The Labute approximate surface area is 183 Å². The average Bonchev–Trinajstić information content (AvgIpc) is 2.71. The highest BCUT2D eigenvalue weighted by Crippen LogP contribution is 2.27. The number of piperidine rings is 3. The van der Waals surface area contributed by atoms with Gasteiger partial charge in [-0.2, -0.15) is 17.0 Å². The summed E-state index contributed by atoms with van der Waals surface area (Å²) >= 11 is 0. The van der Waals surface area contributed by atoms with Crippen molar-refractivity contribution in [1.29, 1.82) is 0 Å². The summed E-state index contributed by atoms with van der Waals surface area (Å²) in [6.07, 6.45) is 7.42. The van der Waals surface area contributed by atoms with Crippen molar-refractivity contribution in [3.05, 3.63) is 0 Å². The molecule has 0 aromatic carbocycles. The molecular formula is C22H42N4O3S. The van der Waals surface area contributed by atoms with Gasteiger partial charge in [-0.15, -0.1) is 0 Å². The van der Waals surface area contributed by atoms with Crippen LogP contribution in [0, 0.1) is 17.8 Å². The van der Waals surface area contributed by atoms with Crippen LogP contribution in [-0.2, 0) is 15.0 Å². The third kappa shape index (κ3) is 6.17. The number of nitrogens with zero attached hydrogens (tertiary/aromatic N) is 3. The zero-order chi connectivity index (χ0) is 21.7. The minimum atomic E-state index is -3.48. The molecule has 0 aromatic heterocycles. The summed E-state index contributed by atoms with van der Waals surface area (Å²) in [6.45, 7) is 11.4. The first-order chi connectivity index (χ1) is 14.3. The first-order valence-electron chi connectivity index (χ1n) is 12.0. The van der Waals surface area contributed by atoms with Crippen molar-refractivity contribution in [3.8, 4) is 0 Å². The van der Waals surface area contributed by atoms with E-state index in [1.807, 2.05) is 0 Å². The fourth-order valence-electron chi connectivity index (χ4n) is 5.45. The van der Waals surface area contributed by atoms with Crippen molar-refractivity contribution in [3.63, 3.8) is 0 Å². The molecule has 3 fully saturated rings. The summed E-state index contributed by atoms with van der Waals surface area (Å²) < 4.78 is 29.6. The molecule has 0 unspecified atom stereocenters. The van der Waals surface area contributed by atoms with E-state index < -0.39 is 10.2 Å². The molecule has 0 bridgehead atoms. The Hall–Kier alpha value is -0.700. The highest BCUT2D eigenvalue weighted by atomic mass is 32.2. The summed E-state index contributed by atoms with van der Waals surface area (Å²) in [4.78, 5) is 15.2. The maximum absolute atomic E-state index is 13.2. The minimum absolute atomic E-state index is 0.0157. The number of carbonyl (C=O) groups excluding carboxylic acids is 1. The van der Waals surface area contributed by atoms with E-state index in [2.05, 4.69) is 31.0 Å². The van der Waals surface area contributed by atoms with Crippen LogP contribution < -0.4 is 5.32 Å². The van der Waals surface area contributed by atoms with Gasteiger partial charge in [0, 0.05) is 45.3 Å². The van der Waals surface area contributed by atoms with Gasteiger partial charge >= 0.3 is 0 Å². The summed E-state index contributed by atoms with van der Waals surface area (Å²) in [5.74, 6) is 0.550. The van der Waals surface area contributed by atoms with E-state index in [4.69, 9.17) is 0 Å². The molecule has 3 heterocycles. The molecule has 30 heavy (non-hydrogen) atoms. The molecule has 3 aliphatic rings. The number of rotatable bonds is 7. The Morgan fingerprint density at radius 1 is 0.933 bits per heavy atom.